The third-order valence-electron chi connectivity index (χ3n) is 5.69. The molecule has 0 saturated carbocycles. The van der Waals surface area contributed by atoms with Crippen LogP contribution in [0, 0.1) is 12.8 Å². The molecule has 2 aromatic rings. The highest BCUT2D eigenvalue weighted by Gasteiger charge is 2.25. The number of carbonyl (C=O) groups is 1. The van der Waals surface area contributed by atoms with Crippen LogP contribution in [0.15, 0.2) is 41.0 Å². The number of amides is 1. The molecule has 1 aromatic carbocycles. The van der Waals surface area contributed by atoms with Crippen molar-refractivity contribution in [3.63, 3.8) is 0 Å². The zero-order chi connectivity index (χ0) is 19.9. The third-order valence-corrected chi connectivity index (χ3v) is 5.69. The number of aryl methyl sites for hydroxylation is 1. The molecule has 0 unspecified atom stereocenters. The summed E-state index contributed by atoms with van der Waals surface area (Å²) in [6.45, 7) is 8.68. The van der Waals surface area contributed by atoms with Gasteiger partial charge in [-0.1, -0.05) is 12.1 Å². The number of nitrogens with zero attached hydrogens (tertiary/aromatic N) is 2. The molecule has 0 aliphatic carbocycles. The van der Waals surface area contributed by atoms with E-state index in [2.05, 4.69) is 30.0 Å². The van der Waals surface area contributed by atoms with Crippen molar-refractivity contribution in [3.8, 4) is 5.75 Å². The van der Waals surface area contributed by atoms with Gasteiger partial charge in [0, 0.05) is 26.2 Å². The van der Waals surface area contributed by atoms with E-state index < -0.39 is 0 Å². The molecule has 1 aliphatic heterocycles. The van der Waals surface area contributed by atoms with Gasteiger partial charge >= 0.3 is 0 Å². The molecule has 0 N–H and O–H groups in total. The maximum atomic E-state index is 12.8. The molecule has 1 saturated heterocycles. The Labute approximate surface area is 168 Å². The lowest BCUT2D eigenvalue weighted by molar-refractivity contribution is 0.0689. The Kier molecular flexibility index (Phi) is 7.15. The number of furan rings is 1. The Bertz CT molecular complexity index is 771. The van der Waals surface area contributed by atoms with Gasteiger partial charge in [0.05, 0.1) is 18.9 Å². The molecule has 2 heterocycles. The Morgan fingerprint density at radius 1 is 1.36 bits per heavy atom. The number of hydrogen-bond donors (Lipinski definition) is 0. The van der Waals surface area contributed by atoms with Gasteiger partial charge < -0.3 is 19.0 Å². The first kappa shape index (κ1) is 20.5. The summed E-state index contributed by atoms with van der Waals surface area (Å²) in [4.78, 5) is 17.3. The van der Waals surface area contributed by atoms with Crippen LogP contribution in [0.3, 0.4) is 0 Å². The second kappa shape index (κ2) is 9.78. The fraction of sp³-hybridized carbons (Fsp3) is 0.522. The topological polar surface area (TPSA) is 45.9 Å². The van der Waals surface area contributed by atoms with Gasteiger partial charge in [-0.05, 0) is 69.3 Å². The summed E-state index contributed by atoms with van der Waals surface area (Å²) in [5, 5.41) is 0. The molecule has 0 radical (unpaired) electrons. The van der Waals surface area contributed by atoms with Gasteiger partial charge in [-0.15, -0.1) is 0 Å². The molecule has 5 heteroatoms. The van der Waals surface area contributed by atoms with E-state index in [1.807, 2.05) is 17.9 Å². The van der Waals surface area contributed by atoms with Gasteiger partial charge in [0.2, 0.25) is 0 Å². The fourth-order valence-electron chi connectivity index (χ4n) is 4.06. The molecule has 5 nitrogen and oxygen atoms in total. The van der Waals surface area contributed by atoms with Crippen LogP contribution in [0.5, 0.6) is 5.75 Å². The number of ether oxygens (including phenoxy) is 1. The van der Waals surface area contributed by atoms with Crippen LogP contribution >= 0.6 is 0 Å². The summed E-state index contributed by atoms with van der Waals surface area (Å²) in [7, 11) is 1.71. The number of piperidine rings is 1. The molecule has 28 heavy (non-hydrogen) atoms. The van der Waals surface area contributed by atoms with E-state index in [0.29, 0.717) is 17.2 Å². The smallest absolute Gasteiger partial charge is 0.257 e. The molecular weight excluding hydrogens is 352 g/mol. The van der Waals surface area contributed by atoms with Gasteiger partial charge in [0.15, 0.2) is 0 Å². The first-order valence-corrected chi connectivity index (χ1v) is 10.3. The third kappa shape index (κ3) is 5.16. The van der Waals surface area contributed by atoms with Crippen LogP contribution in [0.1, 0.15) is 41.4 Å². The van der Waals surface area contributed by atoms with Crippen molar-refractivity contribution in [3.05, 3.63) is 53.5 Å². The second-order valence-corrected chi connectivity index (χ2v) is 7.64. The zero-order valence-electron chi connectivity index (χ0n) is 17.3. The van der Waals surface area contributed by atoms with Crippen LogP contribution in [-0.2, 0) is 6.42 Å². The summed E-state index contributed by atoms with van der Waals surface area (Å²) in [5.74, 6) is 2.23. The first-order chi connectivity index (χ1) is 13.6. The van der Waals surface area contributed by atoms with Crippen LogP contribution in [0.2, 0.25) is 0 Å². The standard InChI is InChI=1S/C23H32N2O3/c1-4-25(23(26)22-11-14-28-18(22)2)17-20-8-6-12-24(16-20)13-10-19-7-5-9-21(15-19)27-3/h5,7,9,11,14-15,20H,4,6,8,10,12-13,16-17H2,1-3H3/t20-/m1/s1. The first-order valence-electron chi connectivity index (χ1n) is 10.3. The number of hydrogen-bond acceptors (Lipinski definition) is 4. The predicted octanol–water partition coefficient (Wildman–Crippen LogP) is 4.01. The van der Waals surface area contributed by atoms with Gasteiger partial charge in [0.25, 0.3) is 5.91 Å². The monoisotopic (exact) mass is 384 g/mol. The van der Waals surface area contributed by atoms with Crippen molar-refractivity contribution in [1.82, 2.24) is 9.80 Å². The summed E-state index contributed by atoms with van der Waals surface area (Å²) in [6.07, 6.45) is 4.99. The van der Waals surface area contributed by atoms with E-state index in [9.17, 15) is 4.79 Å². The van der Waals surface area contributed by atoms with E-state index in [1.54, 1.807) is 19.4 Å². The van der Waals surface area contributed by atoms with E-state index in [-0.39, 0.29) is 5.91 Å². The molecule has 1 fully saturated rings. The van der Waals surface area contributed by atoms with Crippen LogP contribution in [0.25, 0.3) is 0 Å². The van der Waals surface area contributed by atoms with Crippen molar-refractivity contribution < 1.29 is 13.9 Å². The van der Waals surface area contributed by atoms with Gasteiger partial charge in [0.1, 0.15) is 11.5 Å². The van der Waals surface area contributed by atoms with Crippen molar-refractivity contribution in [2.45, 2.75) is 33.1 Å². The van der Waals surface area contributed by atoms with Crippen molar-refractivity contribution in [1.29, 1.82) is 0 Å². The maximum Gasteiger partial charge on any atom is 0.257 e. The Morgan fingerprint density at radius 2 is 2.21 bits per heavy atom. The van der Waals surface area contributed by atoms with Gasteiger partial charge in [-0.2, -0.15) is 0 Å². The maximum absolute atomic E-state index is 12.8. The van der Waals surface area contributed by atoms with E-state index in [1.165, 1.54) is 18.4 Å². The molecule has 1 atom stereocenters. The summed E-state index contributed by atoms with van der Waals surface area (Å²) >= 11 is 0. The average Bonchev–Trinajstić information content (AvgIpc) is 3.16. The highest BCUT2D eigenvalue weighted by atomic mass is 16.5. The molecular formula is C23H32N2O3. The van der Waals surface area contributed by atoms with Crippen molar-refractivity contribution in [2.24, 2.45) is 5.92 Å². The molecule has 1 amide bonds. The minimum Gasteiger partial charge on any atom is -0.497 e. The second-order valence-electron chi connectivity index (χ2n) is 7.64. The number of carbonyl (C=O) groups excluding carboxylic acids is 1. The Hall–Kier alpha value is -2.27. The van der Waals surface area contributed by atoms with Gasteiger partial charge in [-0.25, -0.2) is 0 Å². The molecule has 0 spiro atoms. The highest BCUT2D eigenvalue weighted by molar-refractivity contribution is 5.95. The Balaban J connectivity index is 1.53. The SMILES string of the molecule is CCN(C[C@@H]1CCCN(CCc2cccc(OC)c2)C1)C(=O)c1ccoc1C. The molecule has 1 aromatic heterocycles. The van der Waals surface area contributed by atoms with Gasteiger partial charge in [-0.3, -0.25) is 4.79 Å². The summed E-state index contributed by atoms with van der Waals surface area (Å²) < 4.78 is 10.6. The van der Waals surface area contributed by atoms with Crippen LogP contribution in [-0.4, -0.2) is 55.5 Å². The quantitative estimate of drug-likeness (QED) is 0.690. The summed E-state index contributed by atoms with van der Waals surface area (Å²) in [6, 6.07) is 10.1. The Morgan fingerprint density at radius 3 is 2.93 bits per heavy atom. The lowest BCUT2D eigenvalue weighted by Gasteiger charge is -2.35. The minimum absolute atomic E-state index is 0.0854. The molecule has 1 aliphatic rings. The fourth-order valence-corrected chi connectivity index (χ4v) is 4.06. The number of likely N-dealkylation sites (tertiary alicyclic amines) is 1. The number of benzene rings is 1. The van der Waals surface area contributed by atoms with E-state index >= 15 is 0 Å². The molecule has 0 bridgehead atoms. The van der Waals surface area contributed by atoms with E-state index in [0.717, 1.165) is 44.9 Å². The number of rotatable bonds is 8. The van der Waals surface area contributed by atoms with Crippen LogP contribution < -0.4 is 4.74 Å². The lowest BCUT2D eigenvalue weighted by Crippen LogP contribution is -2.43. The normalized spacial score (nSPS) is 17.5. The van der Waals surface area contributed by atoms with Crippen molar-refractivity contribution in [2.75, 3.05) is 39.8 Å². The zero-order valence-corrected chi connectivity index (χ0v) is 17.3. The molecule has 3 rings (SSSR count). The number of methoxy groups -OCH3 is 1. The minimum atomic E-state index is 0.0854. The summed E-state index contributed by atoms with van der Waals surface area (Å²) in [5.41, 5.74) is 2.00. The molecule has 152 valence electrons. The largest absolute Gasteiger partial charge is 0.497 e. The van der Waals surface area contributed by atoms with Crippen molar-refractivity contribution >= 4 is 5.91 Å². The lowest BCUT2D eigenvalue weighted by atomic mass is 9.96. The average molecular weight is 385 g/mol. The van der Waals surface area contributed by atoms with Crippen LogP contribution in [0.4, 0.5) is 0 Å². The predicted molar refractivity (Wildman–Crippen MR) is 111 cm³/mol. The van der Waals surface area contributed by atoms with E-state index in [4.69, 9.17) is 9.15 Å². The highest BCUT2D eigenvalue weighted by Crippen LogP contribution is 2.21.